The molecule has 4 rings (SSSR count). The van der Waals surface area contributed by atoms with Crippen LogP contribution in [-0.2, 0) is 11.4 Å². The Labute approximate surface area is 164 Å². The van der Waals surface area contributed by atoms with Gasteiger partial charge in [-0.2, -0.15) is 0 Å². The molecule has 3 aromatic rings. The number of hydrogen-bond acceptors (Lipinski definition) is 3. The number of benzene rings is 2. The van der Waals surface area contributed by atoms with E-state index in [1.54, 1.807) is 7.11 Å². The van der Waals surface area contributed by atoms with Crippen LogP contribution in [0.3, 0.4) is 0 Å². The molecule has 0 saturated carbocycles. The average Bonchev–Trinajstić information content (AvgIpc) is 2.93. The van der Waals surface area contributed by atoms with Gasteiger partial charge in [-0.15, -0.1) is 0 Å². The number of imidazole rings is 1. The lowest BCUT2D eigenvalue weighted by molar-refractivity contribution is -0.936. The van der Waals surface area contributed by atoms with Crippen molar-refractivity contribution < 1.29 is 14.4 Å². The minimum absolute atomic E-state index is 0.271. The highest BCUT2D eigenvalue weighted by molar-refractivity contribution is 7.71. The predicted molar refractivity (Wildman–Crippen MR) is 109 cm³/mol. The van der Waals surface area contributed by atoms with Crippen molar-refractivity contribution in [1.82, 2.24) is 9.13 Å². The summed E-state index contributed by atoms with van der Waals surface area (Å²) in [5.41, 5.74) is 3.34. The summed E-state index contributed by atoms with van der Waals surface area (Å²) < 4.78 is 16.4. The molecule has 0 spiro atoms. The lowest BCUT2D eigenvalue weighted by Gasteiger charge is -2.32. The second kappa shape index (κ2) is 7.46. The van der Waals surface area contributed by atoms with Crippen LogP contribution in [0.25, 0.3) is 16.7 Å². The van der Waals surface area contributed by atoms with Gasteiger partial charge in [0.1, 0.15) is 31.0 Å². The quantitative estimate of drug-likeness (QED) is 0.702. The van der Waals surface area contributed by atoms with Gasteiger partial charge in [0.2, 0.25) is 0 Å². The second-order valence-corrected chi connectivity index (χ2v) is 7.67. The van der Waals surface area contributed by atoms with Gasteiger partial charge in [-0.25, -0.2) is 0 Å². The zero-order chi connectivity index (χ0) is 19.0. The Morgan fingerprint density at radius 3 is 2.30 bits per heavy atom. The van der Waals surface area contributed by atoms with Crippen LogP contribution < -0.4 is 9.64 Å². The topological polar surface area (TPSA) is 32.8 Å². The molecule has 0 bridgehead atoms. The Balaban J connectivity index is 1.77. The van der Waals surface area contributed by atoms with Crippen LogP contribution >= 0.6 is 12.2 Å². The number of morpholine rings is 1. The molecule has 2 atom stereocenters. The minimum atomic E-state index is 0.271. The first-order valence-corrected chi connectivity index (χ1v) is 9.81. The van der Waals surface area contributed by atoms with E-state index in [0.717, 1.165) is 47.0 Å². The summed E-state index contributed by atoms with van der Waals surface area (Å²) in [5, 5.41) is 0. The van der Waals surface area contributed by atoms with E-state index in [1.165, 1.54) is 4.90 Å². The summed E-state index contributed by atoms with van der Waals surface area (Å²) in [6.45, 7) is 7.13. The van der Waals surface area contributed by atoms with Gasteiger partial charge in [-0.05, 0) is 62.5 Å². The third kappa shape index (κ3) is 3.52. The Morgan fingerprint density at radius 1 is 1.04 bits per heavy atom. The van der Waals surface area contributed by atoms with Crippen molar-refractivity contribution in [3.8, 4) is 11.4 Å². The molecule has 1 aliphatic rings. The number of quaternary nitrogens is 1. The summed E-state index contributed by atoms with van der Waals surface area (Å²) >= 11 is 5.91. The summed E-state index contributed by atoms with van der Waals surface area (Å²) in [6.07, 6.45) is 0.542. The van der Waals surface area contributed by atoms with Crippen molar-refractivity contribution in [2.45, 2.75) is 32.7 Å². The number of nitrogens with zero attached hydrogens (tertiary/aromatic N) is 2. The van der Waals surface area contributed by atoms with E-state index < -0.39 is 0 Å². The van der Waals surface area contributed by atoms with Crippen LogP contribution in [0.15, 0.2) is 48.5 Å². The molecule has 142 valence electrons. The molecule has 0 radical (unpaired) electrons. The summed E-state index contributed by atoms with van der Waals surface area (Å²) in [7, 11) is 1.68. The monoisotopic (exact) mass is 384 g/mol. The van der Waals surface area contributed by atoms with E-state index in [0.29, 0.717) is 0 Å². The molecule has 1 saturated heterocycles. The third-order valence-corrected chi connectivity index (χ3v) is 5.57. The smallest absolute Gasteiger partial charge is 0.189 e. The number of methoxy groups -OCH3 is 1. The first-order chi connectivity index (χ1) is 13.1. The zero-order valence-corrected chi connectivity index (χ0v) is 16.8. The van der Waals surface area contributed by atoms with E-state index in [1.807, 2.05) is 12.1 Å². The summed E-state index contributed by atoms with van der Waals surface area (Å²) in [6, 6.07) is 16.5. The fourth-order valence-electron chi connectivity index (χ4n) is 4.08. The normalized spacial score (nSPS) is 22.9. The van der Waals surface area contributed by atoms with Gasteiger partial charge in [0.25, 0.3) is 0 Å². The van der Waals surface area contributed by atoms with Gasteiger partial charge in [0.15, 0.2) is 11.4 Å². The number of aromatic nitrogens is 2. The van der Waals surface area contributed by atoms with Crippen molar-refractivity contribution in [2.24, 2.45) is 0 Å². The number of nitrogens with one attached hydrogen (secondary N) is 1. The van der Waals surface area contributed by atoms with Crippen molar-refractivity contribution in [3.05, 3.63) is 53.3 Å². The fourth-order valence-corrected chi connectivity index (χ4v) is 4.45. The summed E-state index contributed by atoms with van der Waals surface area (Å²) in [4.78, 5) is 1.50. The van der Waals surface area contributed by atoms with Gasteiger partial charge in [-0.1, -0.05) is 12.1 Å². The Hall–Kier alpha value is -2.15. The largest absolute Gasteiger partial charge is 0.497 e. The molecular formula is C21H26N3O2S+. The molecule has 1 aliphatic heterocycles. The molecule has 0 amide bonds. The molecular weight excluding hydrogens is 358 g/mol. The molecule has 5 nitrogen and oxygen atoms in total. The highest BCUT2D eigenvalue weighted by Crippen LogP contribution is 2.23. The average molecular weight is 385 g/mol. The van der Waals surface area contributed by atoms with Crippen LogP contribution in [-0.4, -0.2) is 41.5 Å². The van der Waals surface area contributed by atoms with Gasteiger partial charge < -0.3 is 14.4 Å². The number of fused-ring (bicyclic) bond motifs is 1. The zero-order valence-electron chi connectivity index (χ0n) is 16.0. The highest BCUT2D eigenvalue weighted by atomic mass is 32.1. The maximum atomic E-state index is 5.91. The standard InChI is InChI=1S/C21H25N3O2S/c1-15-12-22(13-16(2)26-15)14-23-19-6-4-5-7-20(19)24(21(23)27)17-8-10-18(25-3)11-9-17/h4-11,15-16H,12-14H2,1-3H3/p+1/t15-,16-/m1/s1. The second-order valence-electron chi connectivity index (χ2n) is 7.31. The third-order valence-electron chi connectivity index (χ3n) is 5.16. The van der Waals surface area contributed by atoms with E-state index in [2.05, 4.69) is 59.4 Å². The molecule has 1 N–H and O–H groups in total. The number of para-hydroxylation sites is 2. The SMILES string of the molecule is COc1ccc(-n2c(=S)n(C[NH+]3C[C@@H](C)O[C@H](C)C3)c3ccccc32)cc1. The van der Waals surface area contributed by atoms with Crippen LogP contribution in [0.5, 0.6) is 5.75 Å². The first kappa shape index (κ1) is 18.2. The van der Waals surface area contributed by atoms with Crippen LogP contribution in [0.1, 0.15) is 13.8 Å². The van der Waals surface area contributed by atoms with E-state index in [4.69, 9.17) is 21.7 Å². The maximum Gasteiger partial charge on any atom is 0.189 e. The van der Waals surface area contributed by atoms with Crippen LogP contribution in [0.2, 0.25) is 0 Å². The summed E-state index contributed by atoms with van der Waals surface area (Å²) in [5.74, 6) is 0.842. The van der Waals surface area contributed by atoms with Gasteiger partial charge in [0.05, 0.1) is 18.1 Å². The van der Waals surface area contributed by atoms with E-state index in [-0.39, 0.29) is 12.2 Å². The molecule has 1 aromatic heterocycles. The van der Waals surface area contributed by atoms with E-state index in [9.17, 15) is 0 Å². The Morgan fingerprint density at radius 2 is 1.67 bits per heavy atom. The molecule has 1 fully saturated rings. The number of rotatable bonds is 4. The van der Waals surface area contributed by atoms with Crippen LogP contribution in [0.4, 0.5) is 0 Å². The lowest BCUT2D eigenvalue weighted by atomic mass is 10.2. The van der Waals surface area contributed by atoms with Gasteiger partial charge in [-0.3, -0.25) is 9.13 Å². The van der Waals surface area contributed by atoms with Crippen molar-refractivity contribution >= 4 is 23.3 Å². The first-order valence-electron chi connectivity index (χ1n) is 9.40. The van der Waals surface area contributed by atoms with Crippen molar-refractivity contribution in [3.63, 3.8) is 0 Å². The minimum Gasteiger partial charge on any atom is -0.497 e. The Bertz CT molecular complexity index is 983. The Kier molecular flexibility index (Phi) is 5.04. The predicted octanol–water partition coefficient (Wildman–Crippen LogP) is 2.82. The molecule has 2 heterocycles. The van der Waals surface area contributed by atoms with Crippen molar-refractivity contribution in [1.29, 1.82) is 0 Å². The number of ether oxygens (including phenoxy) is 2. The molecule has 0 unspecified atom stereocenters. The molecule has 0 aliphatic carbocycles. The van der Waals surface area contributed by atoms with Gasteiger partial charge >= 0.3 is 0 Å². The van der Waals surface area contributed by atoms with Crippen molar-refractivity contribution in [2.75, 3.05) is 20.2 Å². The van der Waals surface area contributed by atoms with Crippen LogP contribution in [0, 0.1) is 4.77 Å². The number of hydrogen-bond donors (Lipinski definition) is 1. The molecule has 6 heteroatoms. The van der Waals surface area contributed by atoms with Gasteiger partial charge in [0, 0.05) is 5.69 Å². The molecule has 2 aromatic carbocycles. The highest BCUT2D eigenvalue weighted by Gasteiger charge is 2.26. The van der Waals surface area contributed by atoms with E-state index >= 15 is 0 Å². The lowest BCUT2D eigenvalue weighted by Crippen LogP contribution is -3.14. The molecule has 27 heavy (non-hydrogen) atoms. The fraction of sp³-hybridized carbons (Fsp3) is 0.381. The maximum absolute atomic E-state index is 5.91.